The predicted octanol–water partition coefficient (Wildman–Crippen LogP) is 2.38. The molecule has 0 aliphatic carbocycles. The Morgan fingerprint density at radius 2 is 1.50 bits per heavy atom. The van der Waals surface area contributed by atoms with Crippen LogP contribution in [0.25, 0.3) is 0 Å². The zero-order chi connectivity index (χ0) is 14.0. The first-order chi connectivity index (χ1) is 9.72. The zero-order valence-electron chi connectivity index (χ0n) is 11.1. The van der Waals surface area contributed by atoms with Gasteiger partial charge in [0.05, 0.1) is 5.54 Å². The Balaban J connectivity index is 2.08. The van der Waals surface area contributed by atoms with Gasteiger partial charge in [0, 0.05) is 6.54 Å². The van der Waals surface area contributed by atoms with Gasteiger partial charge < -0.3 is 5.73 Å². The minimum atomic E-state index is -0.258. The smallest absolute Gasteiger partial charge is 0.180 e. The molecule has 0 bridgehead atoms. The molecule has 1 saturated heterocycles. The highest BCUT2D eigenvalue weighted by atomic mass is 32.1. The van der Waals surface area contributed by atoms with Crippen molar-refractivity contribution in [2.45, 2.75) is 12.0 Å². The third-order valence-corrected chi connectivity index (χ3v) is 4.06. The van der Waals surface area contributed by atoms with Crippen molar-refractivity contribution >= 4 is 17.3 Å². The summed E-state index contributed by atoms with van der Waals surface area (Å²) < 4.78 is 0. The monoisotopic (exact) mass is 283 g/mol. The summed E-state index contributed by atoms with van der Waals surface area (Å²) in [6, 6.07) is 20.9. The quantitative estimate of drug-likeness (QED) is 0.830. The van der Waals surface area contributed by atoms with Gasteiger partial charge in [0.2, 0.25) is 0 Å². The van der Waals surface area contributed by atoms with Gasteiger partial charge in [-0.1, -0.05) is 60.7 Å². The summed E-state index contributed by atoms with van der Waals surface area (Å²) in [5.41, 5.74) is 11.5. The summed E-state index contributed by atoms with van der Waals surface area (Å²) in [5.74, 6) is 0. The summed E-state index contributed by atoms with van der Waals surface area (Å²) in [6.45, 7) is 0.805. The van der Waals surface area contributed by atoms with Crippen LogP contribution < -0.4 is 11.2 Å². The van der Waals surface area contributed by atoms with Crippen LogP contribution >= 0.6 is 12.2 Å². The Kier molecular flexibility index (Phi) is 3.42. The molecule has 2 aromatic carbocycles. The topological polar surface area (TPSA) is 41.3 Å². The second-order valence-electron chi connectivity index (χ2n) is 4.99. The molecule has 1 aliphatic heterocycles. The van der Waals surface area contributed by atoms with Crippen LogP contribution in [0, 0.1) is 0 Å². The maximum Gasteiger partial charge on any atom is 0.180 e. The van der Waals surface area contributed by atoms with Crippen molar-refractivity contribution in [1.29, 1.82) is 0 Å². The van der Waals surface area contributed by atoms with Gasteiger partial charge in [0.15, 0.2) is 5.11 Å². The fourth-order valence-corrected chi connectivity index (χ4v) is 2.95. The van der Waals surface area contributed by atoms with Gasteiger partial charge >= 0.3 is 0 Å². The van der Waals surface area contributed by atoms with Crippen molar-refractivity contribution in [2.75, 3.05) is 6.54 Å². The van der Waals surface area contributed by atoms with Gasteiger partial charge in [0.1, 0.15) is 0 Å². The second kappa shape index (κ2) is 5.23. The van der Waals surface area contributed by atoms with E-state index in [0.29, 0.717) is 5.11 Å². The van der Waals surface area contributed by atoms with Crippen LogP contribution in [0.15, 0.2) is 60.7 Å². The van der Waals surface area contributed by atoms with Crippen molar-refractivity contribution in [1.82, 2.24) is 10.4 Å². The molecule has 102 valence electrons. The molecule has 0 radical (unpaired) electrons. The zero-order valence-corrected chi connectivity index (χ0v) is 11.9. The average Bonchev–Trinajstić information content (AvgIpc) is 2.96. The lowest BCUT2D eigenvalue weighted by atomic mass is 9.82. The van der Waals surface area contributed by atoms with Gasteiger partial charge in [-0.15, -0.1) is 0 Å². The van der Waals surface area contributed by atoms with Crippen molar-refractivity contribution in [3.63, 3.8) is 0 Å². The second-order valence-corrected chi connectivity index (χ2v) is 5.41. The molecule has 3 rings (SSSR count). The number of benzene rings is 2. The normalized spacial score (nSPS) is 17.1. The van der Waals surface area contributed by atoms with Crippen LogP contribution in [0.5, 0.6) is 0 Å². The number of rotatable bonds is 2. The Morgan fingerprint density at radius 1 is 1.00 bits per heavy atom. The molecule has 4 heteroatoms. The van der Waals surface area contributed by atoms with Gasteiger partial charge in [-0.3, -0.25) is 5.01 Å². The summed E-state index contributed by atoms with van der Waals surface area (Å²) in [6.07, 6.45) is 0.929. The maximum absolute atomic E-state index is 5.77. The minimum Gasteiger partial charge on any atom is -0.375 e. The van der Waals surface area contributed by atoms with Gasteiger partial charge in [-0.25, -0.2) is 5.43 Å². The highest BCUT2D eigenvalue weighted by Gasteiger charge is 2.41. The van der Waals surface area contributed by atoms with E-state index < -0.39 is 0 Å². The highest BCUT2D eigenvalue weighted by Crippen LogP contribution is 2.36. The summed E-state index contributed by atoms with van der Waals surface area (Å²) in [7, 11) is 0. The number of hydrogen-bond donors (Lipinski definition) is 2. The van der Waals surface area contributed by atoms with E-state index in [0.717, 1.165) is 13.0 Å². The summed E-state index contributed by atoms with van der Waals surface area (Å²) in [5, 5.41) is 2.24. The van der Waals surface area contributed by atoms with Gasteiger partial charge in [0.25, 0.3) is 0 Å². The molecule has 2 aromatic rings. The molecule has 1 heterocycles. The highest BCUT2D eigenvalue weighted by molar-refractivity contribution is 7.80. The number of nitrogens with one attached hydrogen (secondary N) is 1. The SMILES string of the molecule is NC(=S)N1CCC(c2ccccc2)(c2ccccc2)N1. The van der Waals surface area contributed by atoms with Crippen molar-refractivity contribution < 1.29 is 0 Å². The first-order valence-corrected chi connectivity index (χ1v) is 7.09. The van der Waals surface area contributed by atoms with Gasteiger partial charge in [-0.05, 0) is 29.8 Å². The van der Waals surface area contributed by atoms with Crippen molar-refractivity contribution in [3.05, 3.63) is 71.8 Å². The molecule has 0 amide bonds. The molecule has 0 spiro atoms. The molecule has 0 aromatic heterocycles. The van der Waals surface area contributed by atoms with E-state index in [1.54, 1.807) is 0 Å². The van der Waals surface area contributed by atoms with E-state index in [9.17, 15) is 0 Å². The van der Waals surface area contributed by atoms with Crippen LogP contribution in [0.1, 0.15) is 17.5 Å². The lowest BCUT2D eigenvalue weighted by molar-refractivity contribution is 0.321. The fourth-order valence-electron chi connectivity index (χ4n) is 2.82. The molecule has 0 unspecified atom stereocenters. The number of hydrogen-bond acceptors (Lipinski definition) is 2. The van der Waals surface area contributed by atoms with Crippen molar-refractivity contribution in [2.24, 2.45) is 5.73 Å². The largest absolute Gasteiger partial charge is 0.375 e. The molecule has 1 aliphatic rings. The number of nitrogens with two attached hydrogens (primary N) is 1. The van der Waals surface area contributed by atoms with Crippen LogP contribution in [0.2, 0.25) is 0 Å². The van der Waals surface area contributed by atoms with Crippen LogP contribution in [0.4, 0.5) is 0 Å². The van der Waals surface area contributed by atoms with Crippen LogP contribution in [0.3, 0.4) is 0 Å². The summed E-state index contributed by atoms with van der Waals surface area (Å²) in [4.78, 5) is 0. The molecular formula is C16H17N3S. The molecule has 1 fully saturated rings. The Labute approximate surface area is 124 Å². The molecule has 0 saturated carbocycles. The third kappa shape index (κ3) is 2.17. The predicted molar refractivity (Wildman–Crippen MR) is 84.9 cm³/mol. The van der Waals surface area contributed by atoms with E-state index >= 15 is 0 Å². The number of hydrazine groups is 1. The number of thiocarbonyl (C=S) groups is 1. The Morgan fingerprint density at radius 3 is 1.90 bits per heavy atom. The molecule has 20 heavy (non-hydrogen) atoms. The van der Waals surface area contributed by atoms with E-state index in [1.807, 2.05) is 17.1 Å². The standard InChI is InChI=1S/C16H17N3S/c17-15(20)19-12-11-16(18-19,13-7-3-1-4-8-13)14-9-5-2-6-10-14/h1-10,18H,11-12H2,(H2,17,20). The van der Waals surface area contributed by atoms with E-state index in [-0.39, 0.29) is 5.54 Å². The molecular weight excluding hydrogens is 266 g/mol. The lowest BCUT2D eigenvalue weighted by Gasteiger charge is -2.32. The minimum absolute atomic E-state index is 0.258. The first-order valence-electron chi connectivity index (χ1n) is 6.68. The Bertz CT molecular complexity index is 558. The molecule has 0 atom stereocenters. The first kappa shape index (κ1) is 13.1. The van der Waals surface area contributed by atoms with Crippen molar-refractivity contribution in [3.8, 4) is 0 Å². The fraction of sp³-hybridized carbons (Fsp3) is 0.188. The Hall–Kier alpha value is -1.91. The number of nitrogens with zero attached hydrogens (tertiary/aromatic N) is 1. The van der Waals surface area contributed by atoms with Gasteiger partial charge in [-0.2, -0.15) is 0 Å². The maximum atomic E-state index is 5.77. The van der Waals surface area contributed by atoms with E-state index in [4.69, 9.17) is 18.0 Å². The molecule has 3 nitrogen and oxygen atoms in total. The lowest BCUT2D eigenvalue weighted by Crippen LogP contribution is -2.48. The third-order valence-electron chi connectivity index (χ3n) is 3.84. The van der Waals surface area contributed by atoms with E-state index in [1.165, 1.54) is 11.1 Å². The molecule has 3 N–H and O–H groups in total. The van der Waals surface area contributed by atoms with E-state index in [2.05, 4.69) is 54.0 Å². The van der Waals surface area contributed by atoms with Crippen LogP contribution in [-0.2, 0) is 5.54 Å². The van der Waals surface area contributed by atoms with Crippen LogP contribution in [-0.4, -0.2) is 16.7 Å². The average molecular weight is 283 g/mol. The summed E-state index contributed by atoms with van der Waals surface area (Å²) >= 11 is 5.10.